The topological polar surface area (TPSA) is 78.9 Å². The first-order valence-corrected chi connectivity index (χ1v) is 22.0. The second-order valence-corrected chi connectivity index (χ2v) is 14.2. The fraction of sp³-hybridized carbons (Fsp3) is 0.688. The second-order valence-electron chi connectivity index (χ2n) is 14.2. The highest BCUT2D eigenvalue weighted by molar-refractivity contribution is 5.71. The van der Waals surface area contributed by atoms with Crippen LogP contribution in [0.25, 0.3) is 0 Å². The molecule has 308 valence electrons. The molecule has 0 rings (SSSR count). The minimum atomic E-state index is -0.813. The van der Waals surface area contributed by atoms with Crippen molar-refractivity contribution in [2.24, 2.45) is 0 Å². The minimum Gasteiger partial charge on any atom is -0.462 e. The standard InChI is InChI=1S/C48H80O6/c1-4-7-10-13-16-19-22-24-27-29-32-35-38-41-47(50)53-44-45(43-52-46(49)40-37-34-31-28-25-21-18-15-12-9-6-3)54-48(51)42-39-36-33-30-26-23-20-17-14-11-8-5-2/h8,11,15,17-18,20-21,24-25,27,32,35,45H,4-7,9-10,12-14,16,19,22-23,26,28-31,33-34,36-44H2,1-3H3/b11-8-,18-15-,20-17-,25-21-,27-24-,35-32-. The van der Waals surface area contributed by atoms with Crippen molar-refractivity contribution < 1.29 is 28.6 Å². The number of ether oxygens (including phenoxy) is 3. The maximum absolute atomic E-state index is 12.7. The number of unbranched alkanes of at least 4 members (excludes halogenated alkanes) is 16. The van der Waals surface area contributed by atoms with E-state index in [1.54, 1.807) is 0 Å². The van der Waals surface area contributed by atoms with Gasteiger partial charge in [-0.15, -0.1) is 0 Å². The maximum Gasteiger partial charge on any atom is 0.306 e. The molecule has 0 saturated heterocycles. The summed E-state index contributed by atoms with van der Waals surface area (Å²) in [6.45, 7) is 6.35. The SMILES string of the molecule is CC/C=C\C/C=C\CCCCCCCC(=O)OC(COC(=O)CC/C=C\C/C=C\CCCCCCCC)COC(=O)CCCCC/C=C\C=C/CCCC. The zero-order valence-electron chi connectivity index (χ0n) is 35.0. The zero-order chi connectivity index (χ0) is 39.4. The maximum atomic E-state index is 12.7. The van der Waals surface area contributed by atoms with Crippen LogP contribution in [0.5, 0.6) is 0 Å². The first kappa shape index (κ1) is 50.9. The highest BCUT2D eigenvalue weighted by Crippen LogP contribution is 2.12. The van der Waals surface area contributed by atoms with Gasteiger partial charge in [0.15, 0.2) is 6.10 Å². The van der Waals surface area contributed by atoms with Crippen LogP contribution in [0, 0.1) is 0 Å². The van der Waals surface area contributed by atoms with E-state index in [0.29, 0.717) is 19.3 Å². The van der Waals surface area contributed by atoms with E-state index in [1.165, 1.54) is 51.4 Å². The number of carbonyl (C=O) groups excluding carboxylic acids is 3. The van der Waals surface area contributed by atoms with E-state index in [2.05, 4.69) is 87.6 Å². The largest absolute Gasteiger partial charge is 0.462 e. The number of carbonyl (C=O) groups is 3. The lowest BCUT2D eigenvalue weighted by Gasteiger charge is -2.18. The van der Waals surface area contributed by atoms with Gasteiger partial charge in [-0.25, -0.2) is 0 Å². The molecule has 0 heterocycles. The van der Waals surface area contributed by atoms with Crippen LogP contribution in [-0.4, -0.2) is 37.2 Å². The summed E-state index contributed by atoms with van der Waals surface area (Å²) in [6.07, 6.45) is 51.8. The highest BCUT2D eigenvalue weighted by Gasteiger charge is 2.19. The first-order chi connectivity index (χ1) is 26.5. The van der Waals surface area contributed by atoms with Gasteiger partial charge < -0.3 is 14.2 Å². The van der Waals surface area contributed by atoms with Crippen LogP contribution in [0.3, 0.4) is 0 Å². The number of rotatable bonds is 38. The van der Waals surface area contributed by atoms with Gasteiger partial charge in [-0.05, 0) is 83.5 Å². The molecule has 1 unspecified atom stereocenters. The Morgan fingerprint density at radius 1 is 0.407 bits per heavy atom. The summed E-state index contributed by atoms with van der Waals surface area (Å²) < 4.78 is 16.6. The van der Waals surface area contributed by atoms with Crippen molar-refractivity contribution in [3.8, 4) is 0 Å². The molecule has 0 aromatic carbocycles. The molecule has 1 atom stereocenters. The molecule has 54 heavy (non-hydrogen) atoms. The van der Waals surface area contributed by atoms with E-state index in [0.717, 1.165) is 96.3 Å². The van der Waals surface area contributed by atoms with Crippen LogP contribution < -0.4 is 0 Å². The average Bonchev–Trinajstić information content (AvgIpc) is 3.17. The summed E-state index contributed by atoms with van der Waals surface area (Å²) in [5.74, 6) is -1.03. The first-order valence-electron chi connectivity index (χ1n) is 22.0. The summed E-state index contributed by atoms with van der Waals surface area (Å²) in [4.78, 5) is 37.6. The van der Waals surface area contributed by atoms with E-state index in [1.807, 2.05) is 6.08 Å². The van der Waals surface area contributed by atoms with Gasteiger partial charge in [0.25, 0.3) is 0 Å². The van der Waals surface area contributed by atoms with Crippen LogP contribution in [0.1, 0.15) is 194 Å². The Morgan fingerprint density at radius 2 is 0.833 bits per heavy atom. The molecule has 0 bridgehead atoms. The monoisotopic (exact) mass is 753 g/mol. The van der Waals surface area contributed by atoms with Crippen molar-refractivity contribution in [2.45, 2.75) is 200 Å². The van der Waals surface area contributed by atoms with Gasteiger partial charge in [0.05, 0.1) is 0 Å². The lowest BCUT2D eigenvalue weighted by Crippen LogP contribution is -2.30. The number of esters is 3. The molecular weight excluding hydrogens is 673 g/mol. The Labute approximate surface area is 332 Å². The molecule has 0 aliphatic carbocycles. The summed E-state index contributed by atoms with van der Waals surface area (Å²) in [5.41, 5.74) is 0. The third kappa shape index (κ3) is 40.0. The molecule has 0 aliphatic heterocycles. The fourth-order valence-corrected chi connectivity index (χ4v) is 5.62. The van der Waals surface area contributed by atoms with Crippen molar-refractivity contribution in [1.29, 1.82) is 0 Å². The zero-order valence-corrected chi connectivity index (χ0v) is 35.0. The smallest absolute Gasteiger partial charge is 0.306 e. The lowest BCUT2D eigenvalue weighted by atomic mass is 10.1. The van der Waals surface area contributed by atoms with Gasteiger partial charge >= 0.3 is 17.9 Å². The Bertz CT molecular complexity index is 1050. The summed E-state index contributed by atoms with van der Waals surface area (Å²) >= 11 is 0. The van der Waals surface area contributed by atoms with E-state index in [9.17, 15) is 14.4 Å². The molecule has 0 saturated carbocycles. The van der Waals surface area contributed by atoms with Crippen LogP contribution in [0.2, 0.25) is 0 Å². The molecule has 0 aliphatic rings. The van der Waals surface area contributed by atoms with Crippen molar-refractivity contribution in [2.75, 3.05) is 13.2 Å². The molecule has 0 aromatic heterocycles. The molecule has 0 aromatic rings. The predicted molar refractivity (Wildman–Crippen MR) is 228 cm³/mol. The van der Waals surface area contributed by atoms with Crippen molar-refractivity contribution >= 4 is 17.9 Å². The Morgan fingerprint density at radius 3 is 1.41 bits per heavy atom. The van der Waals surface area contributed by atoms with Crippen molar-refractivity contribution in [1.82, 2.24) is 0 Å². The molecule has 0 radical (unpaired) electrons. The summed E-state index contributed by atoms with van der Waals surface area (Å²) in [5, 5.41) is 0. The van der Waals surface area contributed by atoms with Gasteiger partial charge in [0.1, 0.15) is 13.2 Å². The van der Waals surface area contributed by atoms with Crippen molar-refractivity contribution in [3.63, 3.8) is 0 Å². The molecule has 6 heteroatoms. The fourth-order valence-electron chi connectivity index (χ4n) is 5.62. The van der Waals surface area contributed by atoms with Gasteiger partial charge in [-0.1, -0.05) is 164 Å². The van der Waals surface area contributed by atoms with Crippen molar-refractivity contribution in [3.05, 3.63) is 72.9 Å². The Hall–Kier alpha value is -3.15. The third-order valence-electron chi connectivity index (χ3n) is 8.96. The minimum absolute atomic E-state index is 0.113. The number of hydrogen-bond donors (Lipinski definition) is 0. The highest BCUT2D eigenvalue weighted by atomic mass is 16.6. The number of hydrogen-bond acceptors (Lipinski definition) is 6. The van der Waals surface area contributed by atoms with E-state index in [4.69, 9.17) is 14.2 Å². The Balaban J connectivity index is 4.52. The molecule has 0 spiro atoms. The second kappa shape index (κ2) is 42.6. The van der Waals surface area contributed by atoms with Gasteiger partial charge in [-0.2, -0.15) is 0 Å². The molecular formula is C48H80O6. The molecule has 6 nitrogen and oxygen atoms in total. The Kier molecular flexibility index (Phi) is 40.1. The molecule has 0 amide bonds. The molecule has 0 N–H and O–H groups in total. The predicted octanol–water partition coefficient (Wildman–Crippen LogP) is 13.9. The third-order valence-corrected chi connectivity index (χ3v) is 8.96. The summed E-state index contributed by atoms with van der Waals surface area (Å²) in [7, 11) is 0. The summed E-state index contributed by atoms with van der Waals surface area (Å²) in [6, 6.07) is 0. The van der Waals surface area contributed by atoms with Gasteiger partial charge in [-0.3, -0.25) is 14.4 Å². The lowest BCUT2D eigenvalue weighted by molar-refractivity contribution is -0.166. The quantitative estimate of drug-likeness (QED) is 0.0205. The van der Waals surface area contributed by atoms with Crippen LogP contribution in [0.4, 0.5) is 0 Å². The van der Waals surface area contributed by atoms with Crippen LogP contribution >= 0.6 is 0 Å². The van der Waals surface area contributed by atoms with E-state index in [-0.39, 0.29) is 37.5 Å². The van der Waals surface area contributed by atoms with Gasteiger partial charge in [0.2, 0.25) is 0 Å². The van der Waals surface area contributed by atoms with E-state index >= 15 is 0 Å². The van der Waals surface area contributed by atoms with Gasteiger partial charge in [0, 0.05) is 19.3 Å². The molecule has 0 fully saturated rings. The normalized spacial score (nSPS) is 12.7. The average molecular weight is 753 g/mol. The van der Waals surface area contributed by atoms with Crippen LogP contribution in [0.15, 0.2) is 72.9 Å². The van der Waals surface area contributed by atoms with E-state index < -0.39 is 6.10 Å². The number of allylic oxidation sites excluding steroid dienone is 12. The van der Waals surface area contributed by atoms with Crippen LogP contribution in [-0.2, 0) is 28.6 Å².